The Kier molecular flexibility index (Phi) is 4.79. The molecule has 0 fully saturated rings. The Hall–Kier alpha value is -3.23. The molecule has 1 atom stereocenters. The van der Waals surface area contributed by atoms with Gasteiger partial charge in [0, 0.05) is 22.1 Å². The quantitative estimate of drug-likeness (QED) is 0.346. The van der Waals surface area contributed by atoms with Crippen LogP contribution in [0.2, 0.25) is 0 Å². The highest BCUT2D eigenvalue weighted by Crippen LogP contribution is 2.43. The van der Waals surface area contributed by atoms with Crippen LogP contribution >= 0.6 is 0 Å². The Bertz CT molecular complexity index is 1430. The summed E-state index contributed by atoms with van der Waals surface area (Å²) in [4.78, 5) is 30.8. The number of rotatable bonds is 5. The largest absolute Gasteiger partial charge is 0.493 e. The number of aromatic nitrogens is 2. The molecule has 0 saturated carbocycles. The highest BCUT2D eigenvalue weighted by molar-refractivity contribution is 5.93. The van der Waals surface area contributed by atoms with E-state index in [0.717, 1.165) is 53.6 Å². The average molecular weight is 462 g/mol. The molecule has 176 valence electrons. The summed E-state index contributed by atoms with van der Waals surface area (Å²) in [6.07, 6.45) is 3.75. The lowest BCUT2D eigenvalue weighted by Gasteiger charge is -2.31. The number of aliphatic hydroxyl groups is 1. The Morgan fingerprint density at radius 1 is 1.21 bits per heavy atom. The van der Waals surface area contributed by atoms with Crippen molar-refractivity contribution in [3.63, 3.8) is 0 Å². The summed E-state index contributed by atoms with van der Waals surface area (Å²) in [6, 6.07) is 5.72. The second-order valence-corrected chi connectivity index (χ2v) is 9.30. The van der Waals surface area contributed by atoms with Crippen LogP contribution in [-0.4, -0.2) is 33.8 Å². The third kappa shape index (κ3) is 2.82. The summed E-state index contributed by atoms with van der Waals surface area (Å²) in [5.41, 5.74) is 9.96. The molecule has 4 heterocycles. The molecule has 1 aromatic carbocycles. The molecule has 8 heteroatoms. The average Bonchev–Trinajstić information content (AvgIpc) is 3.22. The van der Waals surface area contributed by atoms with Crippen molar-refractivity contribution in [2.45, 2.75) is 57.8 Å². The topological polar surface area (TPSA) is 117 Å². The van der Waals surface area contributed by atoms with Gasteiger partial charge in [-0.15, -0.1) is 0 Å². The molecule has 34 heavy (non-hydrogen) atoms. The second-order valence-electron chi connectivity index (χ2n) is 9.30. The molecule has 2 aliphatic heterocycles. The number of esters is 1. The SMILES string of the molecule is CC[C@@]1(O)C(=O)OCc2c1cc1n(c2=O)Cc2c-1nc1ccc(OCCCN)c3c1c2CCC3. The summed E-state index contributed by atoms with van der Waals surface area (Å²) < 4.78 is 12.9. The molecule has 0 amide bonds. The lowest BCUT2D eigenvalue weighted by molar-refractivity contribution is -0.172. The van der Waals surface area contributed by atoms with Gasteiger partial charge >= 0.3 is 5.97 Å². The van der Waals surface area contributed by atoms with Crippen LogP contribution in [0.1, 0.15) is 54.0 Å². The second kappa shape index (κ2) is 7.65. The Morgan fingerprint density at radius 2 is 2.03 bits per heavy atom. The van der Waals surface area contributed by atoms with Gasteiger partial charge in [-0.3, -0.25) is 4.79 Å². The van der Waals surface area contributed by atoms with Crippen LogP contribution in [0.15, 0.2) is 23.0 Å². The Morgan fingerprint density at radius 3 is 2.82 bits per heavy atom. The highest BCUT2D eigenvalue weighted by atomic mass is 16.6. The molecule has 0 bridgehead atoms. The molecule has 0 radical (unpaired) electrons. The molecule has 3 aromatic rings. The van der Waals surface area contributed by atoms with Crippen LogP contribution in [0.5, 0.6) is 5.75 Å². The first-order chi connectivity index (χ1) is 16.5. The van der Waals surface area contributed by atoms with Crippen molar-refractivity contribution in [1.29, 1.82) is 0 Å². The van der Waals surface area contributed by atoms with Gasteiger partial charge in [-0.25, -0.2) is 9.78 Å². The number of hydrogen-bond donors (Lipinski definition) is 2. The van der Waals surface area contributed by atoms with Gasteiger partial charge in [-0.1, -0.05) is 6.92 Å². The van der Waals surface area contributed by atoms with E-state index >= 15 is 0 Å². The number of carbonyl (C=O) groups is 1. The molecule has 8 nitrogen and oxygen atoms in total. The minimum atomic E-state index is -1.82. The fourth-order valence-electron chi connectivity index (χ4n) is 5.69. The van der Waals surface area contributed by atoms with Gasteiger partial charge in [0.2, 0.25) is 0 Å². The van der Waals surface area contributed by atoms with Gasteiger partial charge in [0.25, 0.3) is 5.56 Å². The summed E-state index contributed by atoms with van der Waals surface area (Å²) in [6.45, 7) is 3.17. The van der Waals surface area contributed by atoms with Gasteiger partial charge in [-0.2, -0.15) is 0 Å². The Balaban J connectivity index is 1.56. The number of aryl methyl sites for hydroxylation is 2. The van der Waals surface area contributed by atoms with Gasteiger partial charge < -0.3 is 24.9 Å². The maximum absolute atomic E-state index is 13.5. The number of ether oxygens (including phenoxy) is 2. The third-order valence-electron chi connectivity index (χ3n) is 7.49. The molecule has 0 unspecified atom stereocenters. The molecule has 2 aromatic heterocycles. The van der Waals surface area contributed by atoms with E-state index in [1.54, 1.807) is 17.6 Å². The first-order valence-electron chi connectivity index (χ1n) is 11.9. The molecule has 3 aliphatic rings. The van der Waals surface area contributed by atoms with Gasteiger partial charge in [0.1, 0.15) is 12.4 Å². The lowest BCUT2D eigenvalue weighted by atomic mass is 9.85. The maximum atomic E-state index is 13.5. The van der Waals surface area contributed by atoms with Crippen LogP contribution < -0.4 is 16.0 Å². The Labute approximate surface area is 196 Å². The molecular weight excluding hydrogens is 434 g/mol. The monoisotopic (exact) mass is 461 g/mol. The molecule has 6 rings (SSSR count). The van der Waals surface area contributed by atoms with E-state index in [4.69, 9.17) is 20.2 Å². The van der Waals surface area contributed by atoms with Gasteiger partial charge in [0.05, 0.1) is 35.6 Å². The fourth-order valence-corrected chi connectivity index (χ4v) is 5.69. The van der Waals surface area contributed by atoms with E-state index in [2.05, 4.69) is 0 Å². The van der Waals surface area contributed by atoms with Gasteiger partial charge in [0.15, 0.2) is 5.60 Å². The fraction of sp³-hybridized carbons (Fsp3) is 0.423. The van der Waals surface area contributed by atoms with Crippen molar-refractivity contribution in [2.75, 3.05) is 13.2 Å². The zero-order chi connectivity index (χ0) is 23.6. The summed E-state index contributed by atoms with van der Waals surface area (Å²) >= 11 is 0. The number of hydrogen-bond acceptors (Lipinski definition) is 7. The zero-order valence-corrected chi connectivity index (χ0v) is 19.1. The van der Waals surface area contributed by atoms with E-state index in [1.807, 2.05) is 12.1 Å². The lowest BCUT2D eigenvalue weighted by Crippen LogP contribution is -2.44. The van der Waals surface area contributed by atoms with E-state index < -0.39 is 11.6 Å². The van der Waals surface area contributed by atoms with E-state index in [9.17, 15) is 14.7 Å². The molecule has 0 saturated heterocycles. The van der Waals surface area contributed by atoms with Crippen molar-refractivity contribution in [3.05, 3.63) is 56.4 Å². The number of nitrogens with zero attached hydrogens (tertiary/aromatic N) is 2. The predicted octanol–water partition coefficient (Wildman–Crippen LogP) is 2.30. The number of benzene rings is 1. The van der Waals surface area contributed by atoms with Crippen molar-refractivity contribution < 1.29 is 19.4 Å². The summed E-state index contributed by atoms with van der Waals surface area (Å²) in [5, 5.41) is 12.2. The minimum absolute atomic E-state index is 0.123. The number of pyridine rings is 2. The summed E-state index contributed by atoms with van der Waals surface area (Å²) in [7, 11) is 0. The number of carbonyl (C=O) groups excluding carboxylic acids is 1. The summed E-state index contributed by atoms with van der Waals surface area (Å²) in [5.74, 6) is 0.175. The zero-order valence-electron chi connectivity index (χ0n) is 19.1. The van der Waals surface area contributed by atoms with Crippen LogP contribution in [0.25, 0.3) is 22.3 Å². The molecule has 0 spiro atoms. The smallest absolute Gasteiger partial charge is 0.343 e. The standard InChI is InChI=1S/C26H27N3O5/c1-2-26(32)18-11-20-23-16(12-29(20)24(30)17(18)13-34-25(26)31)14-5-3-6-15-21(33-10-4-9-27)8-7-19(28-23)22(14)15/h7-8,11,32H,2-6,9-10,12-13,27H2,1H3/t26-/m0/s1. The number of fused-ring (bicyclic) bond motifs is 5. The molecular formula is C26H27N3O5. The first-order valence-corrected chi connectivity index (χ1v) is 11.9. The highest BCUT2D eigenvalue weighted by Gasteiger charge is 2.45. The van der Waals surface area contributed by atoms with Gasteiger partial charge in [-0.05, 0) is 62.4 Å². The van der Waals surface area contributed by atoms with Crippen molar-refractivity contribution in [3.8, 4) is 17.1 Å². The van der Waals surface area contributed by atoms with Crippen LogP contribution in [-0.2, 0) is 41.1 Å². The normalized spacial score (nSPS) is 20.0. The van der Waals surface area contributed by atoms with Crippen LogP contribution in [0.3, 0.4) is 0 Å². The third-order valence-corrected chi connectivity index (χ3v) is 7.49. The first kappa shape index (κ1) is 21.3. The molecule has 1 aliphatic carbocycles. The minimum Gasteiger partial charge on any atom is -0.493 e. The number of nitrogens with two attached hydrogens (primary N) is 1. The van der Waals surface area contributed by atoms with Crippen LogP contribution in [0.4, 0.5) is 0 Å². The predicted molar refractivity (Wildman–Crippen MR) is 126 cm³/mol. The van der Waals surface area contributed by atoms with Crippen LogP contribution in [0, 0.1) is 0 Å². The van der Waals surface area contributed by atoms with E-state index in [-0.39, 0.29) is 18.6 Å². The van der Waals surface area contributed by atoms with Crippen molar-refractivity contribution >= 4 is 16.9 Å². The van der Waals surface area contributed by atoms with E-state index in [1.165, 1.54) is 11.1 Å². The molecule has 3 N–H and O–H groups in total. The van der Waals surface area contributed by atoms with Crippen molar-refractivity contribution in [2.24, 2.45) is 5.73 Å². The maximum Gasteiger partial charge on any atom is 0.343 e. The number of cyclic esters (lactones) is 1. The van der Waals surface area contributed by atoms with E-state index in [0.29, 0.717) is 36.5 Å². The van der Waals surface area contributed by atoms with Crippen molar-refractivity contribution in [1.82, 2.24) is 9.55 Å².